The Balaban J connectivity index is 1.51. The lowest BCUT2D eigenvalue weighted by Gasteiger charge is -2.27. The van der Waals surface area contributed by atoms with E-state index in [9.17, 15) is 9.59 Å². The molecule has 2 aliphatic rings. The lowest BCUT2D eigenvalue weighted by atomic mass is 10.1. The topological polar surface area (TPSA) is 53.0 Å². The number of nitrogens with zero attached hydrogens (tertiary/aromatic N) is 3. The zero-order valence-electron chi connectivity index (χ0n) is 13.1. The summed E-state index contributed by atoms with van der Waals surface area (Å²) in [5, 5.41) is 6.30. The molecule has 5 nitrogen and oxygen atoms in total. The van der Waals surface area contributed by atoms with E-state index >= 15 is 0 Å². The molecule has 0 saturated carbocycles. The first-order valence-electron chi connectivity index (χ1n) is 8.10. The molecule has 1 aromatic carbocycles. The summed E-state index contributed by atoms with van der Waals surface area (Å²) in [6.45, 7) is 2.19. The van der Waals surface area contributed by atoms with Gasteiger partial charge in [0, 0.05) is 18.0 Å². The maximum atomic E-state index is 12.3. The van der Waals surface area contributed by atoms with Crippen LogP contribution in [-0.4, -0.2) is 36.1 Å². The molecule has 0 atom stereocenters. The van der Waals surface area contributed by atoms with Gasteiger partial charge in [0.05, 0.1) is 22.3 Å². The standard InChI is InChI=1S/C18H17N3O2S/c22-17-14-6-2-3-7-15(14)18(23)21(17)19-12-13-8-9-16(24-13)20-10-4-1-5-11-20/h2-3,6-9,12H,1,4-5,10-11H2/b19-12-. The number of benzene rings is 1. The van der Waals surface area contributed by atoms with Crippen molar-refractivity contribution in [3.8, 4) is 0 Å². The molecule has 1 fully saturated rings. The summed E-state index contributed by atoms with van der Waals surface area (Å²) in [6, 6.07) is 10.9. The number of piperidine rings is 1. The second-order valence-corrected chi connectivity index (χ2v) is 7.03. The van der Waals surface area contributed by atoms with Crippen molar-refractivity contribution in [1.82, 2.24) is 5.01 Å². The van der Waals surface area contributed by atoms with E-state index < -0.39 is 0 Å². The van der Waals surface area contributed by atoms with Gasteiger partial charge < -0.3 is 4.90 Å². The molecule has 0 unspecified atom stereocenters. The van der Waals surface area contributed by atoms with E-state index in [0.717, 1.165) is 23.0 Å². The largest absolute Gasteiger partial charge is 0.363 e. The summed E-state index contributed by atoms with van der Waals surface area (Å²) in [4.78, 5) is 27.9. The predicted octanol–water partition coefficient (Wildman–Crippen LogP) is 3.37. The summed E-state index contributed by atoms with van der Waals surface area (Å²) >= 11 is 1.64. The molecule has 0 spiro atoms. The van der Waals surface area contributed by atoms with Crippen LogP contribution >= 0.6 is 11.3 Å². The molecular weight excluding hydrogens is 322 g/mol. The monoisotopic (exact) mass is 339 g/mol. The second kappa shape index (κ2) is 6.20. The third-order valence-corrected chi connectivity index (χ3v) is 5.43. The molecule has 24 heavy (non-hydrogen) atoms. The third-order valence-electron chi connectivity index (χ3n) is 4.35. The molecular formula is C18H17N3O2S. The minimum Gasteiger partial charge on any atom is -0.363 e. The van der Waals surface area contributed by atoms with Crippen LogP contribution in [0.15, 0.2) is 41.5 Å². The normalized spacial score (nSPS) is 17.8. The third kappa shape index (κ3) is 2.63. The van der Waals surface area contributed by atoms with Crippen molar-refractivity contribution >= 4 is 34.4 Å². The molecule has 4 rings (SSSR count). The number of amides is 2. The maximum absolute atomic E-state index is 12.3. The van der Waals surface area contributed by atoms with E-state index in [4.69, 9.17) is 0 Å². The predicted molar refractivity (Wildman–Crippen MR) is 94.9 cm³/mol. The van der Waals surface area contributed by atoms with Crippen LogP contribution in [0.5, 0.6) is 0 Å². The highest BCUT2D eigenvalue weighted by Crippen LogP contribution is 2.28. The van der Waals surface area contributed by atoms with E-state index in [1.807, 2.05) is 6.07 Å². The second-order valence-electron chi connectivity index (χ2n) is 5.94. The van der Waals surface area contributed by atoms with Gasteiger partial charge in [0.2, 0.25) is 0 Å². The molecule has 0 bridgehead atoms. The molecule has 3 heterocycles. The lowest BCUT2D eigenvalue weighted by molar-refractivity contribution is 0.0660. The van der Waals surface area contributed by atoms with E-state index in [1.54, 1.807) is 41.8 Å². The Hall–Kier alpha value is -2.47. The SMILES string of the molecule is O=C1c2ccccc2C(=O)N1/N=C\c1ccc(N2CCCCC2)s1. The van der Waals surface area contributed by atoms with Crippen LogP contribution in [-0.2, 0) is 0 Å². The van der Waals surface area contributed by atoms with Gasteiger partial charge in [0.25, 0.3) is 11.8 Å². The van der Waals surface area contributed by atoms with Crippen LogP contribution in [0.1, 0.15) is 44.9 Å². The van der Waals surface area contributed by atoms with Crippen molar-refractivity contribution < 1.29 is 9.59 Å². The fourth-order valence-corrected chi connectivity index (χ4v) is 4.02. The average molecular weight is 339 g/mol. The molecule has 0 radical (unpaired) electrons. The quantitative estimate of drug-likeness (QED) is 0.636. The Kier molecular flexibility index (Phi) is 3.90. The Morgan fingerprint density at radius 2 is 1.58 bits per heavy atom. The van der Waals surface area contributed by atoms with Gasteiger partial charge in [-0.1, -0.05) is 12.1 Å². The summed E-state index contributed by atoms with van der Waals surface area (Å²) in [5.41, 5.74) is 0.833. The van der Waals surface area contributed by atoms with E-state index in [2.05, 4.69) is 16.1 Å². The molecule has 1 saturated heterocycles. The van der Waals surface area contributed by atoms with Crippen LogP contribution in [0.3, 0.4) is 0 Å². The number of carbonyl (C=O) groups excluding carboxylic acids is 2. The van der Waals surface area contributed by atoms with E-state index in [0.29, 0.717) is 11.1 Å². The number of imide groups is 1. The lowest BCUT2D eigenvalue weighted by Crippen LogP contribution is -2.28. The number of anilines is 1. The summed E-state index contributed by atoms with van der Waals surface area (Å²) in [6.07, 6.45) is 5.36. The fraction of sp³-hybridized carbons (Fsp3) is 0.278. The van der Waals surface area contributed by atoms with Crippen molar-refractivity contribution in [2.45, 2.75) is 19.3 Å². The van der Waals surface area contributed by atoms with Gasteiger partial charge in [0.1, 0.15) is 0 Å². The Morgan fingerprint density at radius 1 is 0.917 bits per heavy atom. The Bertz CT molecular complexity index is 786. The number of hydrogen-bond donors (Lipinski definition) is 0. The highest BCUT2D eigenvalue weighted by molar-refractivity contribution is 7.17. The first-order chi connectivity index (χ1) is 11.7. The number of rotatable bonds is 3. The van der Waals surface area contributed by atoms with E-state index in [-0.39, 0.29) is 11.8 Å². The number of hydrazone groups is 1. The zero-order valence-corrected chi connectivity index (χ0v) is 14.0. The number of fused-ring (bicyclic) bond motifs is 1. The highest BCUT2D eigenvalue weighted by Gasteiger charge is 2.35. The number of carbonyl (C=O) groups is 2. The minimum atomic E-state index is -0.361. The van der Waals surface area contributed by atoms with Crippen molar-refractivity contribution in [1.29, 1.82) is 0 Å². The fourth-order valence-electron chi connectivity index (χ4n) is 3.09. The molecule has 0 aliphatic carbocycles. The smallest absolute Gasteiger partial charge is 0.282 e. The first-order valence-corrected chi connectivity index (χ1v) is 8.92. The van der Waals surface area contributed by atoms with E-state index in [1.165, 1.54) is 24.3 Å². The summed E-state index contributed by atoms with van der Waals surface area (Å²) in [5.74, 6) is -0.723. The molecule has 122 valence electrons. The van der Waals surface area contributed by atoms with Crippen LogP contribution in [0.4, 0.5) is 5.00 Å². The molecule has 1 aromatic heterocycles. The molecule has 2 aliphatic heterocycles. The first kappa shape index (κ1) is 15.1. The van der Waals surface area contributed by atoms with Crippen molar-refractivity contribution in [3.63, 3.8) is 0 Å². The van der Waals surface area contributed by atoms with Gasteiger partial charge in [0.15, 0.2) is 0 Å². The van der Waals surface area contributed by atoms with Crippen molar-refractivity contribution in [2.75, 3.05) is 18.0 Å². The van der Waals surface area contributed by atoms with Crippen LogP contribution < -0.4 is 4.90 Å². The van der Waals surface area contributed by atoms with Crippen LogP contribution in [0, 0.1) is 0 Å². The van der Waals surface area contributed by atoms with Gasteiger partial charge in [-0.3, -0.25) is 9.59 Å². The molecule has 6 heteroatoms. The Morgan fingerprint density at radius 3 is 2.25 bits per heavy atom. The molecule has 0 N–H and O–H groups in total. The maximum Gasteiger partial charge on any atom is 0.282 e. The van der Waals surface area contributed by atoms with Gasteiger partial charge in [-0.05, 0) is 43.5 Å². The zero-order chi connectivity index (χ0) is 16.5. The molecule has 2 aromatic rings. The molecule has 2 amide bonds. The van der Waals surface area contributed by atoms with Crippen LogP contribution in [0.2, 0.25) is 0 Å². The van der Waals surface area contributed by atoms with Gasteiger partial charge in [-0.25, -0.2) is 0 Å². The van der Waals surface area contributed by atoms with Gasteiger partial charge in [-0.15, -0.1) is 11.3 Å². The summed E-state index contributed by atoms with van der Waals surface area (Å²) < 4.78 is 0. The van der Waals surface area contributed by atoms with Crippen molar-refractivity contribution in [2.24, 2.45) is 5.10 Å². The van der Waals surface area contributed by atoms with Crippen molar-refractivity contribution in [3.05, 3.63) is 52.4 Å². The Labute approximate surface area is 144 Å². The van der Waals surface area contributed by atoms with Gasteiger partial charge >= 0.3 is 0 Å². The average Bonchev–Trinajstić information content (AvgIpc) is 3.19. The number of hydrogen-bond acceptors (Lipinski definition) is 5. The highest BCUT2D eigenvalue weighted by atomic mass is 32.1. The number of thiophene rings is 1. The summed E-state index contributed by atoms with van der Waals surface area (Å²) in [7, 11) is 0. The van der Waals surface area contributed by atoms with Gasteiger partial charge in [-0.2, -0.15) is 10.1 Å². The minimum absolute atomic E-state index is 0.361. The van der Waals surface area contributed by atoms with Crippen LogP contribution in [0.25, 0.3) is 0 Å².